The zero-order valence-electron chi connectivity index (χ0n) is 14.2. The zero-order valence-corrected chi connectivity index (χ0v) is 15.0. The molecule has 1 aromatic heterocycles. The molecule has 0 unspecified atom stereocenters. The second-order valence-corrected chi connectivity index (χ2v) is 7.15. The van der Waals surface area contributed by atoms with Crippen LogP contribution in [0.3, 0.4) is 0 Å². The van der Waals surface area contributed by atoms with E-state index in [2.05, 4.69) is 36.8 Å². The summed E-state index contributed by atoms with van der Waals surface area (Å²) in [5.74, 6) is 0.281. The Morgan fingerprint density at radius 2 is 1.79 bits per heavy atom. The minimum Gasteiger partial charge on any atom is -0.316 e. The summed E-state index contributed by atoms with van der Waals surface area (Å²) in [5.41, 5.74) is 4.24. The molecule has 0 aliphatic rings. The molecule has 0 saturated carbocycles. The average molecular weight is 340 g/mol. The normalized spacial score (nSPS) is 12.1. The molecule has 0 amide bonds. The summed E-state index contributed by atoms with van der Waals surface area (Å²) in [5, 5.41) is 2.10. The summed E-state index contributed by atoms with van der Waals surface area (Å²) in [6, 6.07) is 14.8. The Kier molecular flexibility index (Phi) is 4.95. The number of benzene rings is 2. The quantitative estimate of drug-likeness (QED) is 0.592. The maximum absolute atomic E-state index is 13.2. The Morgan fingerprint density at radius 3 is 2.46 bits per heavy atom. The number of aryl methyl sites for hydroxylation is 1. The van der Waals surface area contributed by atoms with E-state index in [1.54, 1.807) is 11.3 Å². The molecular formula is C20H21FN2S. The van der Waals surface area contributed by atoms with Crippen molar-refractivity contribution in [3.8, 4) is 11.3 Å². The van der Waals surface area contributed by atoms with Crippen molar-refractivity contribution in [2.24, 2.45) is 10.9 Å². The molecule has 4 heteroatoms. The number of halogens is 1. The number of hydrogen-bond acceptors (Lipinski definition) is 2. The van der Waals surface area contributed by atoms with E-state index < -0.39 is 0 Å². The molecule has 24 heavy (non-hydrogen) atoms. The van der Waals surface area contributed by atoms with Crippen molar-refractivity contribution in [3.63, 3.8) is 0 Å². The van der Waals surface area contributed by atoms with Crippen LogP contribution in [0.5, 0.6) is 0 Å². The van der Waals surface area contributed by atoms with Gasteiger partial charge in [-0.05, 0) is 54.3 Å². The molecule has 3 aromatic rings. The summed E-state index contributed by atoms with van der Waals surface area (Å²) in [4.78, 5) is 5.83. The highest BCUT2D eigenvalue weighted by molar-refractivity contribution is 7.07. The summed E-state index contributed by atoms with van der Waals surface area (Å²) in [7, 11) is 0. The van der Waals surface area contributed by atoms with Crippen LogP contribution in [0.15, 0.2) is 58.9 Å². The van der Waals surface area contributed by atoms with Crippen LogP contribution in [0.2, 0.25) is 0 Å². The van der Waals surface area contributed by atoms with Crippen LogP contribution in [0, 0.1) is 18.7 Å². The van der Waals surface area contributed by atoms with Gasteiger partial charge in [0.1, 0.15) is 5.82 Å². The molecule has 1 heterocycles. The van der Waals surface area contributed by atoms with E-state index in [0.29, 0.717) is 5.92 Å². The fourth-order valence-electron chi connectivity index (χ4n) is 2.60. The Labute approximate surface area is 146 Å². The van der Waals surface area contributed by atoms with Crippen molar-refractivity contribution in [2.75, 3.05) is 0 Å². The van der Waals surface area contributed by atoms with Crippen LogP contribution in [0.1, 0.15) is 19.4 Å². The van der Waals surface area contributed by atoms with Crippen LogP contribution in [0.4, 0.5) is 10.1 Å². The van der Waals surface area contributed by atoms with E-state index in [0.717, 1.165) is 33.9 Å². The van der Waals surface area contributed by atoms with E-state index in [-0.39, 0.29) is 5.82 Å². The van der Waals surface area contributed by atoms with Crippen LogP contribution < -0.4 is 4.80 Å². The van der Waals surface area contributed by atoms with Crippen molar-refractivity contribution in [3.05, 3.63) is 70.1 Å². The lowest BCUT2D eigenvalue weighted by Gasteiger charge is -2.12. The van der Waals surface area contributed by atoms with Gasteiger partial charge >= 0.3 is 0 Å². The maximum Gasteiger partial charge on any atom is 0.190 e. The Bertz CT molecular complexity index is 889. The second kappa shape index (κ2) is 7.14. The SMILES string of the molecule is Cc1ccccc1N=c1scc(-c2ccc(F)cc2)n1CC(C)C. The lowest BCUT2D eigenvalue weighted by atomic mass is 10.1. The smallest absolute Gasteiger partial charge is 0.190 e. The first kappa shape index (κ1) is 16.7. The van der Waals surface area contributed by atoms with Crippen LogP contribution in [-0.4, -0.2) is 4.57 Å². The van der Waals surface area contributed by atoms with Crippen molar-refractivity contribution in [1.29, 1.82) is 0 Å². The number of aromatic nitrogens is 1. The fraction of sp³-hybridized carbons (Fsp3) is 0.250. The molecule has 0 atom stereocenters. The zero-order chi connectivity index (χ0) is 17.1. The summed E-state index contributed by atoms with van der Waals surface area (Å²) in [6.45, 7) is 7.33. The van der Waals surface area contributed by atoms with Gasteiger partial charge in [-0.3, -0.25) is 0 Å². The Balaban J connectivity index is 2.14. The number of para-hydroxylation sites is 1. The molecule has 2 aromatic carbocycles. The standard InChI is InChI=1S/C20H21FN2S/c1-14(2)12-23-19(16-8-10-17(21)11-9-16)13-24-20(23)22-18-7-5-4-6-15(18)3/h4-11,13-14H,12H2,1-3H3. The molecule has 0 aliphatic heterocycles. The van der Waals surface area contributed by atoms with Gasteiger partial charge < -0.3 is 4.57 Å². The topological polar surface area (TPSA) is 17.3 Å². The van der Waals surface area contributed by atoms with Gasteiger partial charge in [-0.25, -0.2) is 9.38 Å². The minimum atomic E-state index is -0.214. The predicted molar refractivity (Wildman–Crippen MR) is 98.9 cm³/mol. The molecule has 2 nitrogen and oxygen atoms in total. The van der Waals surface area contributed by atoms with Gasteiger partial charge in [0, 0.05) is 11.9 Å². The molecule has 0 radical (unpaired) electrons. The van der Waals surface area contributed by atoms with E-state index in [4.69, 9.17) is 4.99 Å². The molecule has 124 valence electrons. The number of rotatable bonds is 4. The molecule has 0 spiro atoms. The van der Waals surface area contributed by atoms with Gasteiger partial charge in [0.25, 0.3) is 0 Å². The van der Waals surface area contributed by atoms with Gasteiger partial charge in [-0.15, -0.1) is 11.3 Å². The first-order valence-corrected chi connectivity index (χ1v) is 8.97. The number of thiazole rings is 1. The van der Waals surface area contributed by atoms with Crippen molar-refractivity contribution in [1.82, 2.24) is 4.57 Å². The molecule has 0 N–H and O–H groups in total. The van der Waals surface area contributed by atoms with Gasteiger partial charge in [-0.2, -0.15) is 0 Å². The minimum absolute atomic E-state index is 0.214. The second-order valence-electron chi connectivity index (χ2n) is 6.31. The summed E-state index contributed by atoms with van der Waals surface area (Å²) < 4.78 is 15.5. The highest BCUT2D eigenvalue weighted by atomic mass is 32.1. The Hall–Kier alpha value is -2.20. The monoisotopic (exact) mass is 340 g/mol. The molecule has 0 saturated heterocycles. The summed E-state index contributed by atoms with van der Waals surface area (Å²) >= 11 is 1.62. The first-order valence-electron chi connectivity index (χ1n) is 8.09. The highest BCUT2D eigenvalue weighted by Gasteiger charge is 2.10. The molecule has 0 aliphatic carbocycles. The third-order valence-electron chi connectivity index (χ3n) is 3.82. The van der Waals surface area contributed by atoms with Crippen LogP contribution in [-0.2, 0) is 6.54 Å². The van der Waals surface area contributed by atoms with Gasteiger partial charge in [0.2, 0.25) is 0 Å². The number of hydrogen-bond donors (Lipinski definition) is 0. The van der Waals surface area contributed by atoms with Gasteiger partial charge in [-0.1, -0.05) is 32.0 Å². The predicted octanol–water partition coefficient (Wildman–Crippen LogP) is 5.55. The van der Waals surface area contributed by atoms with Crippen molar-refractivity contribution < 1.29 is 4.39 Å². The largest absolute Gasteiger partial charge is 0.316 e. The van der Waals surface area contributed by atoms with Gasteiger partial charge in [0.05, 0.1) is 11.4 Å². The molecule has 3 rings (SSSR count). The molecule has 0 fully saturated rings. The third-order valence-corrected chi connectivity index (χ3v) is 4.68. The fourth-order valence-corrected chi connectivity index (χ4v) is 3.54. The third kappa shape index (κ3) is 3.65. The van der Waals surface area contributed by atoms with Crippen LogP contribution in [0.25, 0.3) is 11.3 Å². The first-order chi connectivity index (χ1) is 11.5. The van der Waals surface area contributed by atoms with E-state index in [1.165, 1.54) is 12.1 Å². The van der Waals surface area contributed by atoms with Crippen molar-refractivity contribution >= 4 is 17.0 Å². The number of nitrogens with zero attached hydrogens (tertiary/aromatic N) is 2. The van der Waals surface area contributed by atoms with Crippen LogP contribution >= 0.6 is 11.3 Å². The molecular weight excluding hydrogens is 319 g/mol. The van der Waals surface area contributed by atoms with Crippen molar-refractivity contribution in [2.45, 2.75) is 27.3 Å². The van der Waals surface area contributed by atoms with E-state index in [1.807, 2.05) is 30.3 Å². The van der Waals surface area contributed by atoms with E-state index in [9.17, 15) is 4.39 Å². The molecule has 0 bridgehead atoms. The summed E-state index contributed by atoms with van der Waals surface area (Å²) in [6.07, 6.45) is 0. The highest BCUT2D eigenvalue weighted by Crippen LogP contribution is 2.23. The van der Waals surface area contributed by atoms with Gasteiger partial charge in [0.15, 0.2) is 4.80 Å². The van der Waals surface area contributed by atoms with E-state index >= 15 is 0 Å². The lowest BCUT2D eigenvalue weighted by molar-refractivity contribution is 0.518. The Morgan fingerprint density at radius 1 is 1.08 bits per heavy atom. The maximum atomic E-state index is 13.2. The average Bonchev–Trinajstić information content (AvgIpc) is 2.92. The lowest BCUT2D eigenvalue weighted by Crippen LogP contribution is -2.19.